The van der Waals surface area contributed by atoms with Crippen LogP contribution in [0.1, 0.15) is 6.92 Å². The van der Waals surface area contributed by atoms with Crippen molar-refractivity contribution < 1.29 is 5.11 Å². The predicted octanol–water partition coefficient (Wildman–Crippen LogP) is 2.08. The summed E-state index contributed by atoms with van der Waals surface area (Å²) >= 11 is 0. The fraction of sp³-hybridized carbons (Fsp3) is 0.286. The average Bonchev–Trinajstić information content (AvgIpc) is 2.26. The summed E-state index contributed by atoms with van der Waals surface area (Å²) in [6.07, 6.45) is 3.01. The predicted molar refractivity (Wildman–Crippen MR) is 72.2 cm³/mol. The molecule has 1 aromatic carbocycles. The molecule has 0 aliphatic rings. The minimum Gasteiger partial charge on any atom is -0.389 e. The van der Waals surface area contributed by atoms with Crippen LogP contribution in [-0.4, -0.2) is 19.3 Å². The van der Waals surface area contributed by atoms with E-state index in [1.165, 1.54) is 5.19 Å². The van der Waals surface area contributed by atoms with Crippen molar-refractivity contribution in [3.05, 3.63) is 42.5 Å². The molecule has 0 spiro atoms. The molecular formula is C14H18OSi. The summed E-state index contributed by atoms with van der Waals surface area (Å²) in [6.45, 7) is 6.18. The fourth-order valence-electron chi connectivity index (χ4n) is 1.34. The zero-order valence-electron chi connectivity index (χ0n) is 10.1. The van der Waals surface area contributed by atoms with Crippen LogP contribution >= 0.6 is 0 Å². The van der Waals surface area contributed by atoms with E-state index in [1.807, 2.05) is 6.07 Å². The van der Waals surface area contributed by atoms with Crippen LogP contribution in [0.4, 0.5) is 0 Å². The van der Waals surface area contributed by atoms with Gasteiger partial charge >= 0.3 is 0 Å². The molecule has 1 N–H and O–H groups in total. The molecule has 0 aliphatic carbocycles. The molecule has 84 valence electrons. The Bertz CT molecular complexity index is 407. The number of hydrogen-bond acceptors (Lipinski definition) is 1. The maximum absolute atomic E-state index is 9.06. The Morgan fingerprint density at radius 2 is 1.88 bits per heavy atom. The van der Waals surface area contributed by atoms with Crippen LogP contribution in [0, 0.1) is 11.5 Å². The lowest BCUT2D eigenvalue weighted by Gasteiger charge is -2.14. The van der Waals surface area contributed by atoms with E-state index in [9.17, 15) is 0 Å². The molecule has 1 atom stereocenters. The van der Waals surface area contributed by atoms with Crippen molar-refractivity contribution in [2.45, 2.75) is 26.1 Å². The van der Waals surface area contributed by atoms with Crippen LogP contribution in [0.3, 0.4) is 0 Å². The maximum atomic E-state index is 9.06. The largest absolute Gasteiger partial charge is 0.389 e. The standard InChI is InChI=1S/C14H18OSi/c1-13(15)9-7-8-12-16(2,3)14-10-5-4-6-11-14/h4-7,9-11,13,15H,1-3H3/b9-7+. The molecular weight excluding hydrogens is 212 g/mol. The minimum absolute atomic E-state index is 0.421. The Balaban J connectivity index is 2.80. The Labute approximate surface area is 98.8 Å². The topological polar surface area (TPSA) is 20.2 Å². The van der Waals surface area contributed by atoms with E-state index in [0.29, 0.717) is 0 Å². The maximum Gasteiger partial charge on any atom is 0.163 e. The summed E-state index contributed by atoms with van der Waals surface area (Å²) < 4.78 is 0. The third-order valence-corrected chi connectivity index (χ3v) is 4.88. The Hall–Kier alpha value is -1.30. The molecule has 0 saturated carbocycles. The van der Waals surface area contributed by atoms with Gasteiger partial charge in [0, 0.05) is 0 Å². The molecule has 0 aliphatic heterocycles. The molecule has 16 heavy (non-hydrogen) atoms. The number of rotatable bonds is 2. The molecule has 0 amide bonds. The Kier molecular flexibility index (Phi) is 4.54. The van der Waals surface area contributed by atoms with Crippen LogP contribution in [-0.2, 0) is 0 Å². The molecule has 0 bridgehead atoms. The van der Waals surface area contributed by atoms with Crippen LogP contribution < -0.4 is 5.19 Å². The van der Waals surface area contributed by atoms with Gasteiger partial charge in [0.2, 0.25) is 0 Å². The quantitative estimate of drug-likeness (QED) is 0.609. The van der Waals surface area contributed by atoms with E-state index in [4.69, 9.17) is 5.11 Å². The summed E-state index contributed by atoms with van der Waals surface area (Å²) in [5, 5.41) is 10.4. The summed E-state index contributed by atoms with van der Waals surface area (Å²) in [6, 6.07) is 10.4. The first-order valence-electron chi connectivity index (χ1n) is 5.45. The van der Waals surface area contributed by atoms with Crippen molar-refractivity contribution in [3.8, 4) is 11.5 Å². The van der Waals surface area contributed by atoms with Crippen LogP contribution in [0.25, 0.3) is 0 Å². The van der Waals surface area contributed by atoms with Crippen LogP contribution in [0.2, 0.25) is 13.1 Å². The van der Waals surface area contributed by atoms with Gasteiger partial charge in [-0.25, -0.2) is 0 Å². The fourth-order valence-corrected chi connectivity index (χ4v) is 2.95. The normalized spacial score (nSPS) is 13.2. The van der Waals surface area contributed by atoms with Gasteiger partial charge in [0.15, 0.2) is 8.07 Å². The lowest BCUT2D eigenvalue weighted by molar-refractivity contribution is 0.244. The van der Waals surface area contributed by atoms with Crippen molar-refractivity contribution in [2.24, 2.45) is 0 Å². The summed E-state index contributed by atoms with van der Waals surface area (Å²) in [7, 11) is -1.65. The first-order chi connectivity index (χ1) is 7.52. The second kappa shape index (κ2) is 5.69. The Morgan fingerprint density at radius 1 is 1.25 bits per heavy atom. The molecule has 0 heterocycles. The molecule has 0 fully saturated rings. The second-order valence-corrected chi connectivity index (χ2v) is 8.44. The molecule has 1 nitrogen and oxygen atoms in total. The smallest absolute Gasteiger partial charge is 0.163 e. The zero-order valence-corrected chi connectivity index (χ0v) is 11.1. The molecule has 1 rings (SSSR count). The van der Waals surface area contributed by atoms with Crippen LogP contribution in [0.5, 0.6) is 0 Å². The molecule has 2 heteroatoms. The van der Waals surface area contributed by atoms with E-state index in [0.717, 1.165) is 0 Å². The summed E-state index contributed by atoms with van der Waals surface area (Å²) in [4.78, 5) is 0. The van der Waals surface area contributed by atoms with Gasteiger partial charge in [-0.15, -0.1) is 5.54 Å². The summed E-state index contributed by atoms with van der Waals surface area (Å²) in [5.74, 6) is 3.03. The van der Waals surface area contributed by atoms with Crippen molar-refractivity contribution in [3.63, 3.8) is 0 Å². The van der Waals surface area contributed by atoms with Crippen molar-refractivity contribution in [2.75, 3.05) is 0 Å². The highest BCUT2D eigenvalue weighted by atomic mass is 28.3. The van der Waals surface area contributed by atoms with Gasteiger partial charge in [-0.3, -0.25) is 0 Å². The summed E-state index contributed by atoms with van der Waals surface area (Å²) in [5.41, 5.74) is 3.32. The van der Waals surface area contributed by atoms with E-state index in [1.54, 1.807) is 19.1 Å². The molecule has 1 aromatic rings. The molecule has 0 aromatic heterocycles. The van der Waals surface area contributed by atoms with Gasteiger partial charge in [-0.1, -0.05) is 49.3 Å². The zero-order chi connectivity index (χ0) is 12.0. The van der Waals surface area contributed by atoms with Gasteiger partial charge in [0.1, 0.15) is 0 Å². The van der Waals surface area contributed by atoms with Crippen LogP contribution in [0.15, 0.2) is 42.5 Å². The van der Waals surface area contributed by atoms with Gasteiger partial charge in [-0.2, -0.15) is 0 Å². The van der Waals surface area contributed by atoms with E-state index in [-0.39, 0.29) is 0 Å². The lowest BCUT2D eigenvalue weighted by Crippen LogP contribution is -2.39. The number of aliphatic hydroxyl groups is 1. The van der Waals surface area contributed by atoms with E-state index in [2.05, 4.69) is 48.8 Å². The lowest BCUT2D eigenvalue weighted by atomic mass is 10.4. The molecule has 0 radical (unpaired) electrons. The number of allylic oxidation sites excluding steroid dienone is 1. The van der Waals surface area contributed by atoms with Crippen molar-refractivity contribution in [1.82, 2.24) is 0 Å². The highest BCUT2D eigenvalue weighted by Crippen LogP contribution is 2.01. The van der Waals surface area contributed by atoms with Crippen molar-refractivity contribution >= 4 is 13.3 Å². The SMILES string of the molecule is CC(O)/C=C/C#C[Si](C)(C)c1ccccc1. The molecule has 0 saturated heterocycles. The highest BCUT2D eigenvalue weighted by molar-refractivity contribution is 6.96. The number of hydrogen-bond donors (Lipinski definition) is 1. The van der Waals surface area contributed by atoms with Gasteiger partial charge in [0.05, 0.1) is 6.10 Å². The van der Waals surface area contributed by atoms with Gasteiger partial charge in [0.25, 0.3) is 0 Å². The van der Waals surface area contributed by atoms with Crippen molar-refractivity contribution in [1.29, 1.82) is 0 Å². The molecule has 1 unspecified atom stereocenters. The first kappa shape index (κ1) is 12.8. The number of benzene rings is 1. The minimum atomic E-state index is -1.65. The number of aliphatic hydroxyl groups excluding tert-OH is 1. The first-order valence-corrected chi connectivity index (χ1v) is 8.45. The average molecular weight is 230 g/mol. The van der Waals surface area contributed by atoms with Gasteiger partial charge in [-0.05, 0) is 24.3 Å². The van der Waals surface area contributed by atoms with Gasteiger partial charge < -0.3 is 5.11 Å². The van der Waals surface area contributed by atoms with E-state index >= 15 is 0 Å². The Morgan fingerprint density at radius 3 is 2.44 bits per heavy atom. The van der Waals surface area contributed by atoms with E-state index < -0.39 is 14.2 Å². The third-order valence-electron chi connectivity index (χ3n) is 2.34. The monoisotopic (exact) mass is 230 g/mol. The second-order valence-electron chi connectivity index (χ2n) is 4.36. The third kappa shape index (κ3) is 4.06. The highest BCUT2D eigenvalue weighted by Gasteiger charge is 2.19.